The van der Waals surface area contributed by atoms with Gasteiger partial charge in [-0.25, -0.2) is 14.2 Å². The predicted molar refractivity (Wildman–Crippen MR) is 138 cm³/mol. The lowest BCUT2D eigenvalue weighted by atomic mass is 9.75. The van der Waals surface area contributed by atoms with E-state index in [-0.39, 0.29) is 55.0 Å². The maximum atomic E-state index is 14.4. The van der Waals surface area contributed by atoms with Crippen LogP contribution in [0.25, 0.3) is 10.2 Å². The maximum Gasteiger partial charge on any atom is 0.407 e. The molecule has 198 valence electrons. The smallest absolute Gasteiger partial charge is 0.407 e. The number of carbonyl (C=O) groups is 4. The van der Waals surface area contributed by atoms with Crippen LogP contribution in [0.2, 0.25) is 0 Å². The third kappa shape index (κ3) is 4.71. The fourth-order valence-electron chi connectivity index (χ4n) is 5.34. The first-order chi connectivity index (χ1) is 17.9. The van der Waals surface area contributed by atoms with Gasteiger partial charge >= 0.3 is 6.09 Å². The predicted octanol–water partition coefficient (Wildman–Crippen LogP) is 3.79. The number of thiazole rings is 1. The second-order valence-electron chi connectivity index (χ2n) is 9.64. The second-order valence-corrected chi connectivity index (χ2v) is 10.5. The van der Waals surface area contributed by atoms with E-state index in [4.69, 9.17) is 4.74 Å². The Labute approximate surface area is 227 Å². The lowest BCUT2D eigenvalue weighted by molar-refractivity contribution is -0.136. The third-order valence-electron chi connectivity index (χ3n) is 7.32. The summed E-state index contributed by atoms with van der Waals surface area (Å²) in [6.07, 6.45) is 1.13. The molecule has 1 atom stereocenters. The van der Waals surface area contributed by atoms with Crippen LogP contribution in [0, 0.1) is 5.82 Å². The number of ether oxygens (including phenoxy) is 1. The Balaban J connectivity index is 0.00000294. The summed E-state index contributed by atoms with van der Waals surface area (Å²) in [6, 6.07) is 7.66. The molecule has 3 aliphatic rings. The zero-order chi connectivity index (χ0) is 25.7. The van der Waals surface area contributed by atoms with Gasteiger partial charge in [-0.2, -0.15) is 0 Å². The van der Waals surface area contributed by atoms with E-state index in [0.717, 1.165) is 10.3 Å². The number of nitrogens with one attached hydrogen (secondary N) is 2. The Bertz CT molecular complexity index is 1460. The minimum Gasteiger partial charge on any atom is -0.445 e. The average Bonchev–Trinajstić information content (AvgIpc) is 3.45. The van der Waals surface area contributed by atoms with Crippen molar-refractivity contribution >= 4 is 57.8 Å². The van der Waals surface area contributed by atoms with Crippen molar-refractivity contribution in [1.82, 2.24) is 20.5 Å². The minimum atomic E-state index is -0.676. The number of piperidine rings is 1. The van der Waals surface area contributed by atoms with Gasteiger partial charge in [0.05, 0.1) is 15.7 Å². The minimum absolute atomic E-state index is 0. The molecule has 0 radical (unpaired) electrons. The molecule has 12 heteroatoms. The van der Waals surface area contributed by atoms with Crippen molar-refractivity contribution in [3.05, 3.63) is 63.9 Å². The lowest BCUT2D eigenvalue weighted by Gasteiger charge is -2.36. The lowest BCUT2D eigenvalue weighted by Crippen LogP contribution is -2.52. The van der Waals surface area contributed by atoms with E-state index in [1.807, 2.05) is 0 Å². The molecule has 2 fully saturated rings. The normalized spacial score (nSPS) is 22.4. The molecule has 3 aromatic rings. The molecule has 1 saturated heterocycles. The number of alkyl carbamates (subject to hydrolysis) is 1. The number of hydrogen-bond acceptors (Lipinski definition) is 7. The van der Waals surface area contributed by atoms with Gasteiger partial charge in [0.25, 0.3) is 5.91 Å². The van der Waals surface area contributed by atoms with Crippen LogP contribution in [-0.2, 0) is 27.5 Å². The van der Waals surface area contributed by atoms with Crippen LogP contribution in [-0.4, -0.2) is 45.8 Å². The molecule has 0 bridgehead atoms. The van der Waals surface area contributed by atoms with Gasteiger partial charge in [0.1, 0.15) is 18.5 Å². The van der Waals surface area contributed by atoms with E-state index in [1.54, 1.807) is 29.8 Å². The summed E-state index contributed by atoms with van der Waals surface area (Å²) in [6.45, 7) is 0.272. The van der Waals surface area contributed by atoms with Gasteiger partial charge in [-0.3, -0.25) is 19.7 Å². The highest BCUT2D eigenvalue weighted by atomic mass is 35.5. The van der Waals surface area contributed by atoms with Crippen LogP contribution in [0.15, 0.2) is 35.8 Å². The van der Waals surface area contributed by atoms with Crippen molar-refractivity contribution in [2.75, 3.05) is 0 Å². The first kappa shape index (κ1) is 26.1. The Morgan fingerprint density at radius 2 is 2.03 bits per heavy atom. The molecule has 9 nitrogen and oxygen atoms in total. The van der Waals surface area contributed by atoms with E-state index in [1.165, 1.54) is 22.3 Å². The molecule has 1 aliphatic carbocycles. The number of hydrogen-bond donors (Lipinski definition) is 2. The highest BCUT2D eigenvalue weighted by molar-refractivity contribution is 7.16. The number of halogens is 2. The summed E-state index contributed by atoms with van der Waals surface area (Å²) in [7, 11) is 0. The van der Waals surface area contributed by atoms with Crippen molar-refractivity contribution in [2.45, 2.75) is 56.8 Å². The molecule has 1 saturated carbocycles. The van der Waals surface area contributed by atoms with Gasteiger partial charge in [-0.05, 0) is 54.5 Å². The number of nitrogens with zero attached hydrogens (tertiary/aromatic N) is 2. The molecule has 3 heterocycles. The number of imide groups is 1. The standard InChI is InChI=1S/C26H23FN4O5S.ClH/c27-18-3-5-20-23(28-12-37-20)22(18)15-8-16(9-15)29-26(35)36-11-13-1-2-14-10-31(25(34)17(14)7-13)19-4-6-21(32)30-24(19)33;/h1-3,5,7,12,15-16,19H,4,6,8-11H2,(H,29,35)(H,30,32,33);1H. The van der Waals surface area contributed by atoms with Crippen LogP contribution in [0.5, 0.6) is 0 Å². The summed E-state index contributed by atoms with van der Waals surface area (Å²) >= 11 is 1.47. The van der Waals surface area contributed by atoms with Crippen molar-refractivity contribution in [3.8, 4) is 0 Å². The monoisotopic (exact) mass is 558 g/mol. The molecule has 1 aromatic heterocycles. The molecule has 2 aromatic carbocycles. The Hall–Kier alpha value is -3.57. The number of benzene rings is 2. The van der Waals surface area contributed by atoms with Crippen molar-refractivity contribution in [3.63, 3.8) is 0 Å². The second kappa shape index (κ2) is 10.3. The first-order valence-corrected chi connectivity index (χ1v) is 13.0. The summed E-state index contributed by atoms with van der Waals surface area (Å²) in [5.74, 6) is -1.34. The average molecular weight is 559 g/mol. The van der Waals surface area contributed by atoms with E-state index in [9.17, 15) is 23.6 Å². The van der Waals surface area contributed by atoms with Gasteiger partial charge < -0.3 is 15.0 Å². The highest BCUT2D eigenvalue weighted by Gasteiger charge is 2.39. The topological polar surface area (TPSA) is 118 Å². The first-order valence-electron chi connectivity index (χ1n) is 12.1. The van der Waals surface area contributed by atoms with E-state index < -0.39 is 18.0 Å². The fraction of sp³-hybridized carbons (Fsp3) is 0.346. The molecule has 4 amide bonds. The maximum absolute atomic E-state index is 14.4. The molecular weight excluding hydrogens is 535 g/mol. The Kier molecular flexibility index (Phi) is 7.06. The van der Waals surface area contributed by atoms with Crippen molar-refractivity contribution in [1.29, 1.82) is 0 Å². The SMILES string of the molecule is Cl.O=C1CCC(N2Cc3ccc(COC(=O)NC4CC(c5c(F)ccc6scnc56)C4)cc3C2=O)C(=O)N1. The van der Waals surface area contributed by atoms with Gasteiger partial charge in [-0.1, -0.05) is 12.1 Å². The van der Waals surface area contributed by atoms with Crippen LogP contribution in [0.1, 0.15) is 58.6 Å². The highest BCUT2D eigenvalue weighted by Crippen LogP contribution is 2.41. The van der Waals surface area contributed by atoms with Crippen LogP contribution in [0.3, 0.4) is 0 Å². The molecule has 2 aliphatic heterocycles. The molecule has 6 rings (SSSR count). The molecular formula is C26H24ClFN4O5S. The number of fused-ring (bicyclic) bond motifs is 2. The molecule has 38 heavy (non-hydrogen) atoms. The van der Waals surface area contributed by atoms with E-state index >= 15 is 0 Å². The van der Waals surface area contributed by atoms with E-state index in [2.05, 4.69) is 15.6 Å². The largest absolute Gasteiger partial charge is 0.445 e. The van der Waals surface area contributed by atoms with Gasteiger partial charge in [0.2, 0.25) is 11.8 Å². The number of carbonyl (C=O) groups excluding carboxylic acids is 4. The fourth-order valence-corrected chi connectivity index (χ4v) is 6.03. The van der Waals surface area contributed by atoms with Crippen LogP contribution in [0.4, 0.5) is 9.18 Å². The van der Waals surface area contributed by atoms with Gasteiger partial charge in [-0.15, -0.1) is 23.7 Å². The summed E-state index contributed by atoms with van der Waals surface area (Å²) in [4.78, 5) is 54.7. The zero-order valence-corrected chi connectivity index (χ0v) is 21.7. The summed E-state index contributed by atoms with van der Waals surface area (Å²) in [5.41, 5.74) is 4.91. The van der Waals surface area contributed by atoms with Crippen LogP contribution < -0.4 is 10.6 Å². The molecule has 0 spiro atoms. The van der Waals surface area contributed by atoms with Crippen LogP contribution >= 0.6 is 23.7 Å². The van der Waals surface area contributed by atoms with Crippen molar-refractivity contribution < 1.29 is 28.3 Å². The van der Waals surface area contributed by atoms with E-state index in [0.29, 0.717) is 48.0 Å². The number of amides is 4. The molecule has 2 N–H and O–H groups in total. The zero-order valence-electron chi connectivity index (χ0n) is 20.1. The third-order valence-corrected chi connectivity index (χ3v) is 8.11. The van der Waals surface area contributed by atoms with Crippen molar-refractivity contribution in [2.24, 2.45) is 0 Å². The Morgan fingerprint density at radius 3 is 2.82 bits per heavy atom. The Morgan fingerprint density at radius 1 is 1.21 bits per heavy atom. The number of rotatable bonds is 5. The summed E-state index contributed by atoms with van der Waals surface area (Å²) < 4.78 is 20.8. The molecule has 1 unspecified atom stereocenters. The van der Waals surface area contributed by atoms with Gasteiger partial charge in [0.15, 0.2) is 0 Å². The quantitative estimate of drug-likeness (QED) is 0.460. The summed E-state index contributed by atoms with van der Waals surface area (Å²) in [5, 5.41) is 5.11. The van der Waals surface area contributed by atoms with Gasteiger partial charge in [0, 0.05) is 30.1 Å². The number of aromatic nitrogens is 1.